The fraction of sp³-hybridized carbons (Fsp3) is 0.690. The smallest absolute Gasteiger partial charge is 0.255 e. The Morgan fingerprint density at radius 1 is 1.14 bits per heavy atom. The molecule has 2 N–H and O–H groups in total. The van der Waals surface area contributed by atoms with Crippen LogP contribution in [-0.2, 0) is 4.79 Å². The first-order chi connectivity index (χ1) is 16.8. The number of carbonyl (C=O) groups is 3. The average molecular weight is 484 g/mol. The molecule has 6 nitrogen and oxygen atoms in total. The van der Waals surface area contributed by atoms with E-state index >= 15 is 0 Å². The molecule has 6 heteroatoms. The van der Waals surface area contributed by atoms with Crippen LogP contribution < -0.4 is 10.6 Å². The molecule has 2 aliphatic carbocycles. The maximum Gasteiger partial charge on any atom is 0.255 e. The van der Waals surface area contributed by atoms with Gasteiger partial charge < -0.3 is 20.3 Å². The van der Waals surface area contributed by atoms with E-state index in [0.717, 1.165) is 62.1 Å². The lowest BCUT2D eigenvalue weighted by molar-refractivity contribution is -0.111. The van der Waals surface area contributed by atoms with Gasteiger partial charge in [0.2, 0.25) is 0 Å². The van der Waals surface area contributed by atoms with E-state index in [1.807, 2.05) is 13.0 Å². The summed E-state index contributed by atoms with van der Waals surface area (Å²) in [6, 6.07) is 4.77. The van der Waals surface area contributed by atoms with Gasteiger partial charge >= 0.3 is 0 Å². The molecule has 1 aromatic carbocycles. The highest BCUT2D eigenvalue weighted by atomic mass is 16.2. The van der Waals surface area contributed by atoms with Gasteiger partial charge in [0, 0.05) is 30.4 Å². The van der Waals surface area contributed by atoms with Crippen LogP contribution in [0.2, 0.25) is 0 Å². The first-order valence-electron chi connectivity index (χ1n) is 13.6. The van der Waals surface area contributed by atoms with Gasteiger partial charge in [-0.15, -0.1) is 0 Å². The number of likely N-dealkylation sites (N-methyl/N-ethyl adjacent to an activating group) is 1. The number of fused-ring (bicyclic) bond motifs is 2. The van der Waals surface area contributed by atoms with Crippen LogP contribution in [0.25, 0.3) is 0 Å². The fourth-order valence-corrected chi connectivity index (χ4v) is 6.55. The van der Waals surface area contributed by atoms with Crippen molar-refractivity contribution in [1.29, 1.82) is 0 Å². The van der Waals surface area contributed by atoms with Crippen LogP contribution in [-0.4, -0.2) is 55.1 Å². The molecule has 0 saturated heterocycles. The first-order valence-corrected chi connectivity index (χ1v) is 13.6. The van der Waals surface area contributed by atoms with Crippen LogP contribution in [0.3, 0.4) is 0 Å². The highest BCUT2D eigenvalue weighted by Gasteiger charge is 2.40. The van der Waals surface area contributed by atoms with E-state index in [2.05, 4.69) is 24.5 Å². The molecule has 0 radical (unpaired) electrons. The van der Waals surface area contributed by atoms with E-state index in [-0.39, 0.29) is 11.4 Å². The summed E-state index contributed by atoms with van der Waals surface area (Å²) in [4.78, 5) is 37.4. The third-order valence-corrected chi connectivity index (χ3v) is 8.07. The van der Waals surface area contributed by atoms with Crippen molar-refractivity contribution in [2.45, 2.75) is 90.1 Å². The molecule has 0 heterocycles. The predicted molar refractivity (Wildman–Crippen MR) is 142 cm³/mol. The Balaban J connectivity index is 1.46. The first kappa shape index (κ1) is 27.4. The summed E-state index contributed by atoms with van der Waals surface area (Å²) in [5.41, 5.74) is 1.78. The monoisotopic (exact) mass is 483 g/mol. The second-order valence-corrected chi connectivity index (χ2v) is 11.4. The molecule has 2 fully saturated rings. The predicted octanol–water partition coefficient (Wildman–Crippen LogP) is 5.33. The van der Waals surface area contributed by atoms with Crippen molar-refractivity contribution >= 4 is 24.2 Å². The van der Waals surface area contributed by atoms with Gasteiger partial charge in [0.25, 0.3) is 5.91 Å². The number of anilines is 1. The van der Waals surface area contributed by atoms with Gasteiger partial charge in [0.05, 0.1) is 11.6 Å². The second-order valence-electron chi connectivity index (χ2n) is 11.4. The molecule has 3 unspecified atom stereocenters. The normalized spacial score (nSPS) is 26.6. The van der Waals surface area contributed by atoms with E-state index in [1.54, 1.807) is 19.2 Å². The van der Waals surface area contributed by atoms with E-state index in [0.29, 0.717) is 23.8 Å². The summed E-state index contributed by atoms with van der Waals surface area (Å²) in [6.45, 7) is 8.64. The van der Waals surface area contributed by atoms with Gasteiger partial charge in [-0.2, -0.15) is 0 Å². The summed E-state index contributed by atoms with van der Waals surface area (Å²) in [5.74, 6) is 2.39. The molecule has 35 heavy (non-hydrogen) atoms. The maximum atomic E-state index is 13.0. The van der Waals surface area contributed by atoms with Crippen molar-refractivity contribution in [2.75, 3.05) is 25.5 Å². The van der Waals surface area contributed by atoms with Crippen LogP contribution in [0.1, 0.15) is 99.3 Å². The van der Waals surface area contributed by atoms with E-state index in [1.165, 1.54) is 37.0 Å². The van der Waals surface area contributed by atoms with Crippen molar-refractivity contribution in [3.63, 3.8) is 0 Å². The molecule has 1 amide bonds. The standard InChI is InChI=1S/C29H45N3O3/c1-5-8-26(20-34)32(4)28(35)27-16-25(10-9-24(27)19-33)30-11-6-7-12-31-29(3)17-22-13-21(2)14-23(15-22)18-29/h9-10,16,19-23,26,30-31H,5-8,11-15,17-18H2,1-4H3. The Morgan fingerprint density at radius 2 is 1.83 bits per heavy atom. The Morgan fingerprint density at radius 3 is 2.46 bits per heavy atom. The third-order valence-electron chi connectivity index (χ3n) is 8.07. The number of rotatable bonds is 13. The van der Waals surface area contributed by atoms with Crippen molar-refractivity contribution in [1.82, 2.24) is 10.2 Å². The lowest BCUT2D eigenvalue weighted by Crippen LogP contribution is -2.50. The van der Waals surface area contributed by atoms with Crippen LogP contribution in [0.4, 0.5) is 5.69 Å². The van der Waals surface area contributed by atoms with Gasteiger partial charge in [-0.25, -0.2) is 0 Å². The summed E-state index contributed by atoms with van der Waals surface area (Å²) in [5, 5.41) is 7.27. The quantitative estimate of drug-likeness (QED) is 0.293. The molecular weight excluding hydrogens is 438 g/mol. The average Bonchev–Trinajstić information content (AvgIpc) is 2.82. The van der Waals surface area contributed by atoms with E-state index in [4.69, 9.17) is 0 Å². The number of nitrogens with one attached hydrogen (secondary N) is 2. The molecule has 0 spiro atoms. The van der Waals surface area contributed by atoms with E-state index < -0.39 is 6.04 Å². The molecule has 2 bridgehead atoms. The number of hydrogen-bond donors (Lipinski definition) is 2. The Hall–Kier alpha value is -2.21. The van der Waals surface area contributed by atoms with Crippen molar-refractivity contribution in [3.8, 4) is 0 Å². The summed E-state index contributed by atoms with van der Waals surface area (Å²) in [7, 11) is 1.62. The number of nitrogens with zero attached hydrogens (tertiary/aromatic N) is 1. The maximum absolute atomic E-state index is 13.0. The van der Waals surface area contributed by atoms with Crippen molar-refractivity contribution in [2.24, 2.45) is 17.8 Å². The zero-order valence-electron chi connectivity index (χ0n) is 22.1. The summed E-state index contributed by atoms with van der Waals surface area (Å²) in [6.07, 6.45) is 11.9. The van der Waals surface area contributed by atoms with Gasteiger partial charge in [0.1, 0.15) is 6.29 Å². The molecule has 0 aliphatic heterocycles. The largest absolute Gasteiger partial charge is 0.385 e. The number of aldehydes is 2. The fourth-order valence-electron chi connectivity index (χ4n) is 6.55. The molecule has 3 rings (SSSR count). The zero-order chi connectivity index (χ0) is 25.4. The number of carbonyl (C=O) groups excluding carboxylic acids is 3. The molecule has 1 aromatic rings. The Bertz CT molecular complexity index is 853. The van der Waals surface area contributed by atoms with Gasteiger partial charge in [0.15, 0.2) is 6.29 Å². The minimum atomic E-state index is -0.481. The minimum Gasteiger partial charge on any atom is -0.385 e. The van der Waals surface area contributed by atoms with Crippen LogP contribution >= 0.6 is 0 Å². The van der Waals surface area contributed by atoms with Gasteiger partial charge in [-0.05, 0) is 101 Å². The molecule has 0 aromatic heterocycles. The Labute approximate surface area is 211 Å². The van der Waals surface area contributed by atoms with Crippen LogP contribution in [0, 0.1) is 17.8 Å². The number of hydrogen-bond acceptors (Lipinski definition) is 5. The second kappa shape index (κ2) is 12.7. The van der Waals surface area contributed by atoms with Crippen LogP contribution in [0.5, 0.6) is 0 Å². The minimum absolute atomic E-state index is 0.282. The van der Waals surface area contributed by atoms with Crippen molar-refractivity contribution < 1.29 is 14.4 Å². The molecule has 3 atom stereocenters. The highest BCUT2D eigenvalue weighted by Crippen LogP contribution is 2.46. The number of unbranched alkanes of at least 4 members (excludes halogenated alkanes) is 1. The highest BCUT2D eigenvalue weighted by molar-refractivity contribution is 6.03. The summed E-state index contributed by atoms with van der Waals surface area (Å²) < 4.78 is 0. The molecule has 2 aliphatic rings. The lowest BCUT2D eigenvalue weighted by atomic mass is 9.62. The number of benzene rings is 1. The third kappa shape index (κ3) is 7.39. The topological polar surface area (TPSA) is 78.5 Å². The SMILES string of the molecule is CCCC(C=O)N(C)C(=O)c1cc(NCCCCNC2(C)CC3CC(C)CC(C3)C2)ccc1C=O. The summed E-state index contributed by atoms with van der Waals surface area (Å²) >= 11 is 0. The molecule has 2 saturated carbocycles. The van der Waals surface area contributed by atoms with Crippen LogP contribution in [0.15, 0.2) is 18.2 Å². The molecular formula is C29H45N3O3. The number of amides is 1. The lowest BCUT2D eigenvalue weighted by Gasteiger charge is -2.47. The van der Waals surface area contributed by atoms with Gasteiger partial charge in [-0.1, -0.05) is 20.3 Å². The van der Waals surface area contributed by atoms with E-state index in [9.17, 15) is 14.4 Å². The van der Waals surface area contributed by atoms with Gasteiger partial charge in [-0.3, -0.25) is 9.59 Å². The van der Waals surface area contributed by atoms with Crippen molar-refractivity contribution in [3.05, 3.63) is 29.3 Å². The molecule has 194 valence electrons. The zero-order valence-corrected chi connectivity index (χ0v) is 22.1. The Kier molecular flexibility index (Phi) is 9.90.